The summed E-state index contributed by atoms with van der Waals surface area (Å²) in [4.78, 5) is 0. The van der Waals surface area contributed by atoms with Gasteiger partial charge in [-0.3, -0.25) is 0 Å². The fourth-order valence-electron chi connectivity index (χ4n) is 3.09. The lowest BCUT2D eigenvalue weighted by atomic mass is 9.91. The molecule has 0 saturated heterocycles. The van der Waals surface area contributed by atoms with Crippen molar-refractivity contribution in [1.82, 2.24) is 0 Å². The normalized spacial score (nSPS) is 13.8. The Hall–Kier alpha value is -2.34. The molecule has 0 radical (unpaired) electrons. The highest BCUT2D eigenvalue weighted by atomic mass is 14.2. The summed E-state index contributed by atoms with van der Waals surface area (Å²) < 4.78 is 0. The van der Waals surface area contributed by atoms with Crippen molar-refractivity contribution < 1.29 is 0 Å². The second-order valence-electron chi connectivity index (χ2n) is 5.82. The lowest BCUT2D eigenvalue weighted by Crippen LogP contribution is -1.93. The summed E-state index contributed by atoms with van der Waals surface area (Å²) in [7, 11) is 0. The van der Waals surface area contributed by atoms with E-state index in [1.807, 2.05) is 0 Å². The minimum atomic E-state index is 1.15. The Bertz CT molecular complexity index is 687. The molecule has 0 heterocycles. The van der Waals surface area contributed by atoms with E-state index in [2.05, 4.69) is 86.7 Å². The minimum Gasteiger partial charge on any atom is -0.0651 e. The standard InChI is InChI=1S/C22H22/c1-3-10-18-15-17(2)21(16-18)22(19-11-6-4-7-12-19)20-13-8-5-9-14-20/h4-9,11-16H,3,10H2,1-2H3. The highest BCUT2D eigenvalue weighted by Gasteiger charge is 2.16. The molecule has 1 aliphatic carbocycles. The Kier molecular flexibility index (Phi) is 4.39. The Labute approximate surface area is 133 Å². The Balaban J connectivity index is 2.19. The third-order valence-electron chi connectivity index (χ3n) is 4.09. The van der Waals surface area contributed by atoms with E-state index in [1.54, 1.807) is 0 Å². The Morgan fingerprint density at radius 3 is 1.82 bits per heavy atom. The fraction of sp³-hybridized carbons (Fsp3) is 0.182. The lowest BCUT2D eigenvalue weighted by Gasteiger charge is -2.13. The van der Waals surface area contributed by atoms with Crippen LogP contribution in [-0.4, -0.2) is 0 Å². The van der Waals surface area contributed by atoms with E-state index < -0.39 is 0 Å². The van der Waals surface area contributed by atoms with Crippen LogP contribution in [0.25, 0.3) is 5.57 Å². The highest BCUT2D eigenvalue weighted by molar-refractivity contribution is 5.87. The molecular weight excluding hydrogens is 264 g/mol. The van der Waals surface area contributed by atoms with Crippen LogP contribution >= 0.6 is 0 Å². The summed E-state index contributed by atoms with van der Waals surface area (Å²) in [6.45, 7) is 4.46. The molecule has 0 atom stereocenters. The molecule has 0 nitrogen and oxygen atoms in total. The number of hydrogen-bond acceptors (Lipinski definition) is 0. The second kappa shape index (κ2) is 6.62. The average molecular weight is 286 g/mol. The topological polar surface area (TPSA) is 0 Å². The van der Waals surface area contributed by atoms with E-state index >= 15 is 0 Å². The van der Waals surface area contributed by atoms with Crippen LogP contribution in [0.3, 0.4) is 0 Å². The number of allylic oxidation sites excluding steroid dienone is 5. The number of rotatable bonds is 4. The van der Waals surface area contributed by atoms with Gasteiger partial charge in [-0.05, 0) is 46.8 Å². The van der Waals surface area contributed by atoms with Gasteiger partial charge in [0, 0.05) is 0 Å². The summed E-state index contributed by atoms with van der Waals surface area (Å²) in [6, 6.07) is 21.4. The van der Waals surface area contributed by atoms with Crippen LogP contribution in [0.5, 0.6) is 0 Å². The molecule has 0 saturated carbocycles. The Morgan fingerprint density at radius 1 is 0.773 bits per heavy atom. The molecule has 0 heteroatoms. The van der Waals surface area contributed by atoms with E-state index in [1.165, 1.54) is 39.8 Å². The van der Waals surface area contributed by atoms with E-state index in [0.717, 1.165) is 6.42 Å². The first-order valence-corrected chi connectivity index (χ1v) is 8.04. The van der Waals surface area contributed by atoms with Crippen LogP contribution in [0, 0.1) is 0 Å². The third-order valence-corrected chi connectivity index (χ3v) is 4.09. The zero-order valence-electron chi connectivity index (χ0n) is 13.3. The molecule has 0 N–H and O–H groups in total. The van der Waals surface area contributed by atoms with Gasteiger partial charge in [0.15, 0.2) is 0 Å². The second-order valence-corrected chi connectivity index (χ2v) is 5.82. The summed E-state index contributed by atoms with van der Waals surface area (Å²) in [5.74, 6) is 0. The van der Waals surface area contributed by atoms with Crippen molar-refractivity contribution >= 4 is 5.57 Å². The molecule has 2 aromatic rings. The van der Waals surface area contributed by atoms with Gasteiger partial charge in [0.25, 0.3) is 0 Å². The zero-order valence-corrected chi connectivity index (χ0v) is 13.3. The SMILES string of the molecule is CCCC1=CC(=C(c2ccccc2)c2ccccc2)C(C)=C1. The molecule has 0 bridgehead atoms. The van der Waals surface area contributed by atoms with E-state index in [4.69, 9.17) is 0 Å². The van der Waals surface area contributed by atoms with Gasteiger partial charge in [0.05, 0.1) is 0 Å². The molecule has 0 spiro atoms. The van der Waals surface area contributed by atoms with E-state index in [9.17, 15) is 0 Å². The maximum atomic E-state index is 2.37. The van der Waals surface area contributed by atoms with Gasteiger partial charge in [-0.2, -0.15) is 0 Å². The molecule has 0 unspecified atom stereocenters. The number of hydrogen-bond donors (Lipinski definition) is 0. The number of benzene rings is 2. The van der Waals surface area contributed by atoms with Crippen LogP contribution in [0.15, 0.2) is 89.5 Å². The summed E-state index contributed by atoms with van der Waals surface area (Å²) >= 11 is 0. The molecule has 22 heavy (non-hydrogen) atoms. The first-order chi connectivity index (χ1) is 10.8. The van der Waals surface area contributed by atoms with Gasteiger partial charge in [0.1, 0.15) is 0 Å². The van der Waals surface area contributed by atoms with Crippen molar-refractivity contribution in [2.75, 3.05) is 0 Å². The highest BCUT2D eigenvalue weighted by Crippen LogP contribution is 2.36. The fourth-order valence-corrected chi connectivity index (χ4v) is 3.09. The predicted octanol–water partition coefficient (Wildman–Crippen LogP) is 6.17. The van der Waals surface area contributed by atoms with Gasteiger partial charge < -0.3 is 0 Å². The van der Waals surface area contributed by atoms with Crippen molar-refractivity contribution in [2.45, 2.75) is 26.7 Å². The lowest BCUT2D eigenvalue weighted by molar-refractivity contribution is 0.928. The summed E-state index contributed by atoms with van der Waals surface area (Å²) in [5, 5.41) is 0. The summed E-state index contributed by atoms with van der Waals surface area (Å²) in [5.41, 5.74) is 8.07. The maximum absolute atomic E-state index is 2.37. The monoisotopic (exact) mass is 286 g/mol. The summed E-state index contributed by atoms with van der Waals surface area (Å²) in [6.07, 6.45) is 7.05. The van der Waals surface area contributed by atoms with Gasteiger partial charge in [-0.1, -0.05) is 86.2 Å². The molecule has 0 fully saturated rings. The first-order valence-electron chi connectivity index (χ1n) is 8.04. The van der Waals surface area contributed by atoms with Crippen LogP contribution < -0.4 is 0 Å². The molecule has 3 rings (SSSR count). The van der Waals surface area contributed by atoms with Crippen molar-refractivity contribution in [3.05, 3.63) is 101 Å². The van der Waals surface area contributed by atoms with Crippen molar-refractivity contribution in [1.29, 1.82) is 0 Å². The Morgan fingerprint density at radius 2 is 1.32 bits per heavy atom. The molecule has 0 aliphatic heterocycles. The van der Waals surface area contributed by atoms with Crippen molar-refractivity contribution in [3.8, 4) is 0 Å². The molecular formula is C22H22. The smallest absolute Gasteiger partial charge is 0.00361 e. The third kappa shape index (κ3) is 2.96. The van der Waals surface area contributed by atoms with Crippen LogP contribution in [-0.2, 0) is 0 Å². The molecule has 2 aromatic carbocycles. The molecule has 1 aliphatic rings. The van der Waals surface area contributed by atoms with E-state index in [-0.39, 0.29) is 0 Å². The van der Waals surface area contributed by atoms with Gasteiger partial charge in [-0.25, -0.2) is 0 Å². The quantitative estimate of drug-likeness (QED) is 0.630. The van der Waals surface area contributed by atoms with Gasteiger partial charge in [-0.15, -0.1) is 0 Å². The van der Waals surface area contributed by atoms with Crippen molar-refractivity contribution in [3.63, 3.8) is 0 Å². The van der Waals surface area contributed by atoms with Crippen molar-refractivity contribution in [2.24, 2.45) is 0 Å². The first kappa shape index (κ1) is 14.6. The maximum Gasteiger partial charge on any atom is -0.00361 e. The zero-order chi connectivity index (χ0) is 15.4. The van der Waals surface area contributed by atoms with Crippen LogP contribution in [0.4, 0.5) is 0 Å². The average Bonchev–Trinajstić information content (AvgIpc) is 2.91. The van der Waals surface area contributed by atoms with Gasteiger partial charge >= 0.3 is 0 Å². The van der Waals surface area contributed by atoms with Gasteiger partial charge in [0.2, 0.25) is 0 Å². The van der Waals surface area contributed by atoms with E-state index in [0.29, 0.717) is 0 Å². The van der Waals surface area contributed by atoms with Crippen LogP contribution in [0.2, 0.25) is 0 Å². The largest absolute Gasteiger partial charge is 0.0651 e. The molecule has 0 amide bonds. The molecule has 0 aromatic heterocycles. The van der Waals surface area contributed by atoms with Crippen LogP contribution in [0.1, 0.15) is 37.8 Å². The predicted molar refractivity (Wildman–Crippen MR) is 95.7 cm³/mol. The minimum absolute atomic E-state index is 1.15. The molecule has 110 valence electrons.